The van der Waals surface area contributed by atoms with Crippen molar-refractivity contribution in [2.75, 3.05) is 0 Å². The first-order valence-electron chi connectivity index (χ1n) is 3.74. The quantitative estimate of drug-likeness (QED) is 0.689. The fourth-order valence-corrected chi connectivity index (χ4v) is 0.976. The van der Waals surface area contributed by atoms with Crippen LogP contribution in [-0.2, 0) is 15.6 Å². The zero-order valence-corrected chi connectivity index (χ0v) is 7.88. The number of hydrogen-bond acceptors (Lipinski definition) is 3. The molecule has 0 unspecified atom stereocenters. The molecule has 1 rings (SSSR count). The monoisotopic (exact) mass is 200 g/mol. The van der Waals surface area contributed by atoms with Crippen molar-refractivity contribution in [3.8, 4) is 0 Å². The van der Waals surface area contributed by atoms with Crippen LogP contribution in [0.25, 0.3) is 0 Å². The normalized spacial score (nSPS) is 9.38. The molecule has 0 amide bonds. The maximum atomic E-state index is 10.5. The predicted molar refractivity (Wildman–Crippen MR) is 48.3 cm³/mol. The Kier molecular flexibility index (Phi) is 3.58. The molecule has 0 saturated heterocycles. The first-order chi connectivity index (χ1) is 6.24. The summed E-state index contributed by atoms with van der Waals surface area (Å²) in [6.45, 7) is 2.11. The summed E-state index contributed by atoms with van der Waals surface area (Å²) in [6, 6.07) is 7.60. The van der Waals surface area contributed by atoms with Crippen LogP contribution < -0.4 is 0 Å². The van der Waals surface area contributed by atoms with Gasteiger partial charge >= 0.3 is 6.16 Å². The summed E-state index contributed by atoms with van der Waals surface area (Å²) in [7, 11) is 0. The molecule has 1 aromatic rings. The van der Waals surface area contributed by atoms with Crippen molar-refractivity contribution in [2.45, 2.75) is 13.5 Å². The average molecular weight is 201 g/mol. The number of aryl methyl sites for hydroxylation is 1. The van der Waals surface area contributed by atoms with Gasteiger partial charge in [0.1, 0.15) is 18.5 Å². The molecule has 0 bridgehead atoms. The standard InChI is InChI=1S/C9H9ClO3/c1-7-4-2-3-5-8(7)6-12-9(11)13-10/h2-5H,6H2,1H3. The molecule has 0 aromatic heterocycles. The van der Waals surface area contributed by atoms with Gasteiger partial charge in [0.2, 0.25) is 0 Å². The van der Waals surface area contributed by atoms with Crippen molar-refractivity contribution in [3.63, 3.8) is 0 Å². The molecular weight excluding hydrogens is 192 g/mol. The first kappa shape index (κ1) is 9.86. The number of carbonyl (C=O) groups excluding carboxylic acids is 1. The number of rotatable bonds is 2. The summed E-state index contributed by atoms with van der Waals surface area (Å²) in [5.41, 5.74) is 1.99. The fraction of sp³-hybridized carbons (Fsp3) is 0.222. The molecule has 3 nitrogen and oxygen atoms in total. The summed E-state index contributed by atoms with van der Waals surface area (Å²) in [6.07, 6.45) is -0.884. The van der Waals surface area contributed by atoms with Gasteiger partial charge in [-0.2, -0.15) is 0 Å². The second-order valence-corrected chi connectivity index (χ2v) is 2.70. The minimum absolute atomic E-state index is 0.179. The number of carbonyl (C=O) groups is 1. The lowest BCUT2D eigenvalue weighted by molar-refractivity contribution is 0.0962. The third-order valence-electron chi connectivity index (χ3n) is 1.67. The van der Waals surface area contributed by atoms with E-state index >= 15 is 0 Å². The molecule has 0 aliphatic carbocycles. The molecule has 4 heteroatoms. The van der Waals surface area contributed by atoms with Gasteiger partial charge in [-0.25, -0.2) is 4.79 Å². The lowest BCUT2D eigenvalue weighted by Crippen LogP contribution is -2.02. The van der Waals surface area contributed by atoms with Crippen molar-refractivity contribution >= 4 is 18.0 Å². The van der Waals surface area contributed by atoms with E-state index in [4.69, 9.17) is 11.9 Å². The molecule has 13 heavy (non-hydrogen) atoms. The first-order valence-corrected chi connectivity index (χ1v) is 4.04. The summed E-state index contributed by atoms with van der Waals surface area (Å²) in [5, 5.41) is 0. The third kappa shape index (κ3) is 2.95. The van der Waals surface area contributed by atoms with Crippen molar-refractivity contribution in [1.29, 1.82) is 0 Å². The van der Waals surface area contributed by atoms with Gasteiger partial charge in [0.15, 0.2) is 0 Å². The highest BCUT2D eigenvalue weighted by Gasteiger charge is 2.03. The van der Waals surface area contributed by atoms with Crippen LogP contribution in [0, 0.1) is 6.92 Å². The molecule has 1 aromatic carbocycles. The molecule has 0 fully saturated rings. The molecule has 0 N–H and O–H groups in total. The minimum Gasteiger partial charge on any atom is -0.428 e. The van der Waals surface area contributed by atoms with Crippen LogP contribution in [0.3, 0.4) is 0 Å². The summed E-state index contributed by atoms with van der Waals surface area (Å²) in [4.78, 5) is 10.5. The smallest absolute Gasteiger partial charge is 0.428 e. The minimum atomic E-state index is -0.884. The van der Waals surface area contributed by atoms with Crippen LogP contribution in [0.1, 0.15) is 11.1 Å². The van der Waals surface area contributed by atoms with Gasteiger partial charge < -0.3 is 9.03 Å². The summed E-state index contributed by atoms with van der Waals surface area (Å²) >= 11 is 4.78. The van der Waals surface area contributed by atoms with E-state index in [1.165, 1.54) is 0 Å². The van der Waals surface area contributed by atoms with E-state index in [1.807, 2.05) is 31.2 Å². The lowest BCUT2D eigenvalue weighted by atomic mass is 10.1. The average Bonchev–Trinajstić information content (AvgIpc) is 2.16. The van der Waals surface area contributed by atoms with Crippen LogP contribution >= 0.6 is 11.9 Å². The largest absolute Gasteiger partial charge is 0.527 e. The van der Waals surface area contributed by atoms with E-state index in [2.05, 4.69) is 9.03 Å². The fourth-order valence-electron chi connectivity index (χ4n) is 0.931. The van der Waals surface area contributed by atoms with Crippen LogP contribution in [0.15, 0.2) is 24.3 Å². The van der Waals surface area contributed by atoms with E-state index in [1.54, 1.807) is 0 Å². The van der Waals surface area contributed by atoms with Crippen LogP contribution in [-0.4, -0.2) is 6.16 Å². The van der Waals surface area contributed by atoms with E-state index < -0.39 is 6.16 Å². The van der Waals surface area contributed by atoms with Crippen molar-refractivity contribution in [1.82, 2.24) is 0 Å². The highest BCUT2D eigenvalue weighted by atomic mass is 35.5. The maximum absolute atomic E-state index is 10.5. The second-order valence-electron chi connectivity index (χ2n) is 2.54. The van der Waals surface area contributed by atoms with Crippen molar-refractivity contribution in [2.24, 2.45) is 0 Å². The van der Waals surface area contributed by atoms with Gasteiger partial charge in [-0.05, 0) is 18.1 Å². The van der Waals surface area contributed by atoms with Gasteiger partial charge in [-0.3, -0.25) is 0 Å². The Morgan fingerprint density at radius 3 is 2.77 bits per heavy atom. The molecule has 0 saturated carbocycles. The topological polar surface area (TPSA) is 35.5 Å². The zero-order valence-electron chi connectivity index (χ0n) is 7.12. The Morgan fingerprint density at radius 2 is 2.15 bits per heavy atom. The molecule has 0 radical (unpaired) electrons. The van der Waals surface area contributed by atoms with Gasteiger partial charge in [0.25, 0.3) is 0 Å². The van der Waals surface area contributed by atoms with Crippen LogP contribution in [0.2, 0.25) is 0 Å². The Bertz CT molecular complexity index is 299. The molecule has 0 heterocycles. The maximum Gasteiger partial charge on any atom is 0.527 e. The van der Waals surface area contributed by atoms with Gasteiger partial charge in [0.05, 0.1) is 0 Å². The predicted octanol–water partition coefficient (Wildman–Crippen LogP) is 2.80. The summed E-state index contributed by atoms with van der Waals surface area (Å²) in [5.74, 6) is 0. The van der Waals surface area contributed by atoms with Crippen LogP contribution in [0.4, 0.5) is 4.79 Å². The van der Waals surface area contributed by atoms with Gasteiger partial charge in [-0.1, -0.05) is 24.3 Å². The Morgan fingerprint density at radius 1 is 1.46 bits per heavy atom. The highest BCUT2D eigenvalue weighted by molar-refractivity contribution is 6.12. The Hall–Kier alpha value is -1.22. The molecule has 0 aliphatic heterocycles. The molecule has 70 valence electrons. The Labute approximate surface area is 81.4 Å². The molecule has 0 atom stereocenters. The van der Waals surface area contributed by atoms with Crippen molar-refractivity contribution in [3.05, 3.63) is 35.4 Å². The number of benzene rings is 1. The SMILES string of the molecule is Cc1ccccc1COC(=O)OCl. The van der Waals surface area contributed by atoms with E-state index in [0.29, 0.717) is 0 Å². The molecule has 0 spiro atoms. The number of hydrogen-bond donors (Lipinski definition) is 0. The zero-order chi connectivity index (χ0) is 9.68. The number of halogens is 1. The van der Waals surface area contributed by atoms with Gasteiger partial charge in [-0.15, -0.1) is 0 Å². The molecular formula is C9H9ClO3. The molecule has 0 aliphatic rings. The number of ether oxygens (including phenoxy) is 1. The van der Waals surface area contributed by atoms with E-state index in [0.717, 1.165) is 11.1 Å². The van der Waals surface area contributed by atoms with E-state index in [-0.39, 0.29) is 6.61 Å². The second kappa shape index (κ2) is 4.72. The van der Waals surface area contributed by atoms with E-state index in [9.17, 15) is 4.79 Å². The van der Waals surface area contributed by atoms with Gasteiger partial charge in [0, 0.05) is 0 Å². The summed E-state index contributed by atoms with van der Waals surface area (Å²) < 4.78 is 8.49. The van der Waals surface area contributed by atoms with Crippen molar-refractivity contribution < 1.29 is 13.8 Å². The highest BCUT2D eigenvalue weighted by Crippen LogP contribution is 2.08. The lowest BCUT2D eigenvalue weighted by Gasteiger charge is -2.04. The third-order valence-corrected chi connectivity index (χ3v) is 1.80. The Balaban J connectivity index is 2.54. The van der Waals surface area contributed by atoms with Crippen LogP contribution in [0.5, 0.6) is 0 Å².